The molecule has 126 valence electrons. The minimum absolute atomic E-state index is 0.390. The average molecular weight is 406 g/mol. The van der Waals surface area contributed by atoms with E-state index < -0.39 is 12.1 Å². The van der Waals surface area contributed by atoms with Crippen LogP contribution in [0.15, 0.2) is 36.4 Å². The average Bonchev–Trinajstić information content (AvgIpc) is 2.91. The molecule has 0 spiro atoms. The highest BCUT2D eigenvalue weighted by Crippen LogP contribution is 2.41. The number of nitrogens with zero attached hydrogens (tertiary/aromatic N) is 2. The summed E-state index contributed by atoms with van der Waals surface area (Å²) in [7, 11) is 0. The van der Waals surface area contributed by atoms with Crippen molar-refractivity contribution in [2.24, 2.45) is 0 Å². The molecule has 0 atom stereocenters. The molecule has 1 fully saturated rings. The Labute approximate surface area is 159 Å². The Hall–Kier alpha value is -1.33. The quantitative estimate of drug-likeness (QED) is 0.776. The molecule has 0 amide bonds. The number of carboxylic acids is 1. The molecule has 2 aromatic rings. The van der Waals surface area contributed by atoms with Crippen LogP contribution in [-0.2, 0) is 4.79 Å². The summed E-state index contributed by atoms with van der Waals surface area (Å²) in [5, 5.41) is 11.3. The monoisotopic (exact) mass is 404 g/mol. The third-order valence-corrected chi connectivity index (χ3v) is 5.06. The van der Waals surface area contributed by atoms with Crippen LogP contribution in [-0.4, -0.2) is 30.3 Å². The zero-order valence-corrected chi connectivity index (χ0v) is 15.2. The second-order valence-corrected chi connectivity index (χ2v) is 6.87. The Morgan fingerprint density at radius 1 is 0.833 bits per heavy atom. The van der Waals surface area contributed by atoms with Crippen LogP contribution in [0.5, 0.6) is 0 Å². The number of carboxylic acid groups (broad SMARTS) is 1. The zero-order chi connectivity index (χ0) is 17.4. The molecule has 1 aliphatic heterocycles. The van der Waals surface area contributed by atoms with Crippen LogP contribution < -0.4 is 9.80 Å². The van der Waals surface area contributed by atoms with Crippen molar-refractivity contribution in [1.82, 2.24) is 0 Å². The van der Waals surface area contributed by atoms with E-state index in [9.17, 15) is 9.90 Å². The third kappa shape index (κ3) is 3.00. The molecule has 0 aliphatic carbocycles. The van der Waals surface area contributed by atoms with Crippen LogP contribution in [0.25, 0.3) is 0 Å². The van der Waals surface area contributed by atoms with Crippen LogP contribution in [0, 0.1) is 0 Å². The van der Waals surface area contributed by atoms with Crippen molar-refractivity contribution in [2.45, 2.75) is 6.17 Å². The van der Waals surface area contributed by atoms with Crippen LogP contribution in [0.3, 0.4) is 0 Å². The molecule has 1 heterocycles. The number of para-hydroxylation sites is 2. The molecule has 0 aromatic heterocycles. The Kier molecular flexibility index (Phi) is 5.02. The fourth-order valence-corrected chi connectivity index (χ4v) is 4.12. The molecule has 0 saturated carbocycles. The van der Waals surface area contributed by atoms with E-state index in [1.165, 1.54) is 0 Å². The summed E-state index contributed by atoms with van der Waals surface area (Å²) < 4.78 is 0. The molecule has 3 rings (SSSR count). The maximum atomic E-state index is 12.0. The van der Waals surface area contributed by atoms with Gasteiger partial charge < -0.3 is 14.9 Å². The zero-order valence-electron chi connectivity index (χ0n) is 12.2. The van der Waals surface area contributed by atoms with E-state index in [0.29, 0.717) is 44.6 Å². The van der Waals surface area contributed by atoms with Crippen molar-refractivity contribution in [1.29, 1.82) is 0 Å². The van der Waals surface area contributed by atoms with Crippen molar-refractivity contribution in [3.63, 3.8) is 0 Å². The molecule has 1 aliphatic rings. The van der Waals surface area contributed by atoms with E-state index in [4.69, 9.17) is 46.4 Å². The Balaban J connectivity index is 2.08. The fourth-order valence-electron chi connectivity index (χ4n) is 2.89. The van der Waals surface area contributed by atoms with Crippen molar-refractivity contribution in [3.05, 3.63) is 56.5 Å². The van der Waals surface area contributed by atoms with Gasteiger partial charge in [0.05, 0.1) is 31.5 Å². The summed E-state index contributed by atoms with van der Waals surface area (Å²) in [6.45, 7) is 0.837. The number of carbonyl (C=O) groups is 1. The molecule has 8 heteroatoms. The van der Waals surface area contributed by atoms with Gasteiger partial charge in [0.25, 0.3) is 0 Å². The third-order valence-electron chi connectivity index (χ3n) is 3.84. The first-order valence-corrected chi connectivity index (χ1v) is 8.57. The minimum Gasteiger partial charge on any atom is -0.478 e. The van der Waals surface area contributed by atoms with Crippen molar-refractivity contribution in [2.75, 3.05) is 22.9 Å². The van der Waals surface area contributed by atoms with Crippen LogP contribution >= 0.6 is 46.4 Å². The van der Waals surface area contributed by atoms with Gasteiger partial charge in [-0.15, -0.1) is 0 Å². The second-order valence-electron chi connectivity index (χ2n) is 5.24. The molecular weight excluding hydrogens is 394 g/mol. The number of anilines is 2. The molecule has 1 saturated heterocycles. The van der Waals surface area contributed by atoms with E-state index in [2.05, 4.69) is 0 Å². The lowest BCUT2D eigenvalue weighted by atomic mass is 10.2. The molecule has 0 radical (unpaired) electrons. The van der Waals surface area contributed by atoms with Gasteiger partial charge in [-0.1, -0.05) is 58.5 Å². The topological polar surface area (TPSA) is 43.8 Å². The predicted molar refractivity (Wildman–Crippen MR) is 99.0 cm³/mol. The number of benzene rings is 2. The standard InChI is InChI=1S/C16H12Cl4N2O2/c17-9-3-1-4-10(18)13(9)21-7-8-22(15(21)16(23)24)14-11(19)5-2-6-12(14)20/h1-6,15H,7-8H2,(H,23,24). The van der Waals surface area contributed by atoms with E-state index in [-0.39, 0.29) is 0 Å². The summed E-state index contributed by atoms with van der Waals surface area (Å²) in [5.41, 5.74) is 0.970. The van der Waals surface area contributed by atoms with Crippen LogP contribution in [0.1, 0.15) is 0 Å². The molecule has 4 nitrogen and oxygen atoms in total. The highest BCUT2D eigenvalue weighted by atomic mass is 35.5. The summed E-state index contributed by atoms with van der Waals surface area (Å²) in [6, 6.07) is 10.1. The summed E-state index contributed by atoms with van der Waals surface area (Å²) in [6.07, 6.45) is -1.01. The van der Waals surface area contributed by atoms with Gasteiger partial charge in [-0.25, -0.2) is 4.79 Å². The Bertz CT molecular complexity index is 700. The van der Waals surface area contributed by atoms with Gasteiger partial charge in [0.2, 0.25) is 6.17 Å². The molecule has 0 unspecified atom stereocenters. The SMILES string of the molecule is O=C(O)C1N(c2c(Cl)cccc2Cl)CCN1c1c(Cl)cccc1Cl. The number of rotatable bonds is 3. The largest absolute Gasteiger partial charge is 0.478 e. The first-order chi connectivity index (χ1) is 11.4. The Morgan fingerprint density at radius 2 is 1.17 bits per heavy atom. The predicted octanol–water partition coefficient (Wildman–Crippen LogP) is 5.04. The van der Waals surface area contributed by atoms with Crippen LogP contribution in [0.2, 0.25) is 20.1 Å². The van der Waals surface area contributed by atoms with Gasteiger partial charge in [-0.3, -0.25) is 0 Å². The normalized spacial score (nSPS) is 15.2. The van der Waals surface area contributed by atoms with Crippen molar-refractivity contribution in [3.8, 4) is 0 Å². The number of halogens is 4. The highest BCUT2D eigenvalue weighted by Gasteiger charge is 2.40. The van der Waals surface area contributed by atoms with Gasteiger partial charge in [0.15, 0.2) is 0 Å². The van der Waals surface area contributed by atoms with Crippen molar-refractivity contribution >= 4 is 63.7 Å². The van der Waals surface area contributed by atoms with Crippen molar-refractivity contribution < 1.29 is 9.90 Å². The number of hydrogen-bond acceptors (Lipinski definition) is 3. The van der Waals surface area contributed by atoms with Gasteiger partial charge in [0, 0.05) is 13.1 Å². The minimum atomic E-state index is -1.04. The van der Waals surface area contributed by atoms with Gasteiger partial charge in [-0.2, -0.15) is 0 Å². The fraction of sp³-hybridized carbons (Fsp3) is 0.188. The summed E-state index contributed by atoms with van der Waals surface area (Å²) in [4.78, 5) is 15.2. The highest BCUT2D eigenvalue weighted by molar-refractivity contribution is 6.40. The second kappa shape index (κ2) is 6.89. The maximum Gasteiger partial charge on any atom is 0.347 e. The lowest BCUT2D eigenvalue weighted by Gasteiger charge is -2.31. The lowest BCUT2D eigenvalue weighted by Crippen LogP contribution is -2.45. The van der Waals surface area contributed by atoms with E-state index >= 15 is 0 Å². The van der Waals surface area contributed by atoms with E-state index in [1.807, 2.05) is 0 Å². The number of hydrogen-bond donors (Lipinski definition) is 1. The van der Waals surface area contributed by atoms with Gasteiger partial charge in [-0.05, 0) is 24.3 Å². The van der Waals surface area contributed by atoms with Gasteiger partial charge >= 0.3 is 5.97 Å². The molecule has 1 N–H and O–H groups in total. The molecule has 24 heavy (non-hydrogen) atoms. The number of aliphatic carboxylic acids is 1. The van der Waals surface area contributed by atoms with Gasteiger partial charge in [0.1, 0.15) is 0 Å². The molecular formula is C16H12Cl4N2O2. The smallest absolute Gasteiger partial charge is 0.347 e. The summed E-state index contributed by atoms with van der Waals surface area (Å²) >= 11 is 25.0. The first kappa shape index (κ1) is 17.5. The lowest BCUT2D eigenvalue weighted by molar-refractivity contribution is -0.138. The van der Waals surface area contributed by atoms with E-state index in [0.717, 1.165) is 0 Å². The first-order valence-electron chi connectivity index (χ1n) is 7.06. The summed E-state index contributed by atoms with van der Waals surface area (Å²) in [5.74, 6) is -1.04. The van der Waals surface area contributed by atoms with Crippen LogP contribution in [0.4, 0.5) is 11.4 Å². The Morgan fingerprint density at radius 3 is 1.46 bits per heavy atom. The maximum absolute atomic E-state index is 12.0. The van der Waals surface area contributed by atoms with E-state index in [1.54, 1.807) is 46.2 Å². The molecule has 0 bridgehead atoms. The molecule has 2 aromatic carbocycles.